The Kier molecular flexibility index (Phi) is 3.99. The maximum Gasteiger partial charge on any atom is 0.337 e. The van der Waals surface area contributed by atoms with Crippen LogP contribution in [0.2, 0.25) is 0 Å². The molecule has 4 nitrogen and oxygen atoms in total. The molecular weight excluding hydrogens is 136 g/mol. The second-order valence-corrected chi connectivity index (χ2v) is 1.94. The van der Waals surface area contributed by atoms with Crippen molar-refractivity contribution >= 4 is 5.97 Å². The van der Waals surface area contributed by atoms with Gasteiger partial charge in [0.1, 0.15) is 0 Å². The predicted octanol–water partition coefficient (Wildman–Crippen LogP) is -0.709. The number of rotatable bonds is 3. The van der Waals surface area contributed by atoms with E-state index in [4.69, 9.17) is 10.2 Å². The first-order valence-electron chi connectivity index (χ1n) is 3.12. The molecule has 0 unspecified atom stereocenters. The van der Waals surface area contributed by atoms with E-state index >= 15 is 0 Å². The minimum Gasteiger partial charge on any atom is -0.464 e. The van der Waals surface area contributed by atoms with Gasteiger partial charge < -0.3 is 14.9 Å². The zero-order valence-corrected chi connectivity index (χ0v) is 6.07. The average molecular weight is 148 g/mol. The molecule has 0 saturated heterocycles. The van der Waals surface area contributed by atoms with Gasteiger partial charge in [-0.2, -0.15) is 0 Å². The lowest BCUT2D eigenvalue weighted by atomic mass is 10.2. The van der Waals surface area contributed by atoms with E-state index in [9.17, 15) is 4.79 Å². The normalized spacial score (nSPS) is 16.0. The number of hydrogen-bond acceptors (Lipinski definition) is 4. The van der Waals surface area contributed by atoms with E-state index in [1.807, 2.05) is 0 Å². The van der Waals surface area contributed by atoms with Crippen LogP contribution in [0.5, 0.6) is 0 Å². The molecule has 0 aliphatic rings. The third kappa shape index (κ3) is 2.80. The van der Waals surface area contributed by atoms with E-state index < -0.39 is 18.2 Å². The molecule has 0 aliphatic carbocycles. The Morgan fingerprint density at radius 3 is 2.40 bits per heavy atom. The summed E-state index contributed by atoms with van der Waals surface area (Å²) in [6, 6.07) is 0. The molecule has 10 heavy (non-hydrogen) atoms. The molecular formula is C6H12O4. The van der Waals surface area contributed by atoms with Gasteiger partial charge in [0.05, 0.1) is 12.7 Å². The molecule has 0 aliphatic heterocycles. The highest BCUT2D eigenvalue weighted by atomic mass is 16.5. The Labute approximate surface area is 59.4 Å². The van der Waals surface area contributed by atoms with E-state index in [1.165, 1.54) is 6.92 Å². The molecule has 0 fully saturated rings. The van der Waals surface area contributed by atoms with Gasteiger partial charge in [-0.25, -0.2) is 4.79 Å². The van der Waals surface area contributed by atoms with Crippen LogP contribution < -0.4 is 0 Å². The summed E-state index contributed by atoms with van der Waals surface area (Å²) in [5, 5.41) is 17.5. The molecule has 0 aromatic heterocycles. The SMILES string of the molecule is CCOC(=O)[C@@H](O)[C@@H](C)O. The van der Waals surface area contributed by atoms with Crippen LogP contribution in [0.25, 0.3) is 0 Å². The fraction of sp³-hybridized carbons (Fsp3) is 0.833. The average Bonchev–Trinajstić information content (AvgIpc) is 1.87. The molecule has 0 bridgehead atoms. The summed E-state index contributed by atoms with van der Waals surface area (Å²) >= 11 is 0. The van der Waals surface area contributed by atoms with Crippen molar-refractivity contribution in [2.75, 3.05) is 6.61 Å². The van der Waals surface area contributed by atoms with Gasteiger partial charge in [-0.05, 0) is 13.8 Å². The largest absolute Gasteiger partial charge is 0.464 e. The quantitative estimate of drug-likeness (QED) is 0.519. The predicted molar refractivity (Wildman–Crippen MR) is 34.3 cm³/mol. The summed E-state index contributed by atoms with van der Waals surface area (Å²) in [4.78, 5) is 10.6. The summed E-state index contributed by atoms with van der Waals surface area (Å²) in [7, 11) is 0. The van der Waals surface area contributed by atoms with Gasteiger partial charge >= 0.3 is 5.97 Å². The lowest BCUT2D eigenvalue weighted by molar-refractivity contribution is -0.158. The summed E-state index contributed by atoms with van der Waals surface area (Å²) in [5.74, 6) is -0.780. The van der Waals surface area contributed by atoms with Gasteiger partial charge in [-0.15, -0.1) is 0 Å². The second kappa shape index (κ2) is 4.24. The summed E-state index contributed by atoms with van der Waals surface area (Å²) < 4.78 is 4.42. The summed E-state index contributed by atoms with van der Waals surface area (Å²) in [5.41, 5.74) is 0. The van der Waals surface area contributed by atoms with Crippen LogP contribution in [0.15, 0.2) is 0 Å². The van der Waals surface area contributed by atoms with Crippen molar-refractivity contribution in [2.24, 2.45) is 0 Å². The fourth-order valence-electron chi connectivity index (χ4n) is 0.425. The van der Waals surface area contributed by atoms with Gasteiger partial charge in [0, 0.05) is 0 Å². The molecule has 0 saturated carbocycles. The highest BCUT2D eigenvalue weighted by Crippen LogP contribution is 1.94. The van der Waals surface area contributed by atoms with Gasteiger partial charge in [-0.3, -0.25) is 0 Å². The van der Waals surface area contributed by atoms with E-state index in [1.54, 1.807) is 6.92 Å². The number of carbonyl (C=O) groups is 1. The zero-order valence-electron chi connectivity index (χ0n) is 6.07. The number of aliphatic hydroxyl groups excluding tert-OH is 2. The molecule has 0 radical (unpaired) electrons. The number of carbonyl (C=O) groups excluding carboxylic acids is 1. The Morgan fingerprint density at radius 2 is 2.10 bits per heavy atom. The van der Waals surface area contributed by atoms with Crippen molar-refractivity contribution in [3.05, 3.63) is 0 Å². The lowest BCUT2D eigenvalue weighted by Gasteiger charge is -2.10. The summed E-state index contributed by atoms with van der Waals surface area (Å²) in [6.07, 6.45) is -2.49. The molecule has 60 valence electrons. The standard InChI is InChI=1S/C6H12O4/c1-3-10-6(9)5(8)4(2)7/h4-5,7-8H,3H2,1-2H3/t4-,5+/m1/s1. The van der Waals surface area contributed by atoms with Crippen molar-refractivity contribution in [3.63, 3.8) is 0 Å². The Morgan fingerprint density at radius 1 is 1.60 bits per heavy atom. The molecule has 0 amide bonds. The molecule has 2 N–H and O–H groups in total. The van der Waals surface area contributed by atoms with E-state index in [0.717, 1.165) is 0 Å². The molecule has 0 aromatic carbocycles. The minimum atomic E-state index is -1.42. The van der Waals surface area contributed by atoms with E-state index in [0.29, 0.717) is 0 Å². The maximum absolute atomic E-state index is 10.6. The lowest BCUT2D eigenvalue weighted by Crippen LogP contribution is -2.33. The first-order chi connectivity index (χ1) is 4.59. The first-order valence-corrected chi connectivity index (χ1v) is 3.12. The van der Waals surface area contributed by atoms with Crippen LogP contribution in [0.3, 0.4) is 0 Å². The fourth-order valence-corrected chi connectivity index (χ4v) is 0.425. The van der Waals surface area contributed by atoms with Crippen LogP contribution in [-0.4, -0.2) is 35.0 Å². The van der Waals surface area contributed by atoms with Crippen molar-refractivity contribution in [3.8, 4) is 0 Å². The number of esters is 1. The van der Waals surface area contributed by atoms with Gasteiger partial charge in [0.25, 0.3) is 0 Å². The molecule has 0 spiro atoms. The number of ether oxygens (including phenoxy) is 1. The Hall–Kier alpha value is -0.610. The monoisotopic (exact) mass is 148 g/mol. The third-order valence-electron chi connectivity index (χ3n) is 0.985. The van der Waals surface area contributed by atoms with Crippen molar-refractivity contribution in [1.29, 1.82) is 0 Å². The van der Waals surface area contributed by atoms with Crippen LogP contribution in [0, 0.1) is 0 Å². The van der Waals surface area contributed by atoms with Crippen LogP contribution in [-0.2, 0) is 9.53 Å². The van der Waals surface area contributed by atoms with Crippen molar-refractivity contribution in [1.82, 2.24) is 0 Å². The van der Waals surface area contributed by atoms with Crippen LogP contribution >= 0.6 is 0 Å². The molecule has 0 rings (SSSR count). The van der Waals surface area contributed by atoms with E-state index in [2.05, 4.69) is 4.74 Å². The van der Waals surface area contributed by atoms with Crippen LogP contribution in [0.4, 0.5) is 0 Å². The summed E-state index contributed by atoms with van der Waals surface area (Å²) in [6.45, 7) is 3.16. The van der Waals surface area contributed by atoms with Gasteiger partial charge in [0.15, 0.2) is 6.10 Å². The smallest absolute Gasteiger partial charge is 0.337 e. The highest BCUT2D eigenvalue weighted by Gasteiger charge is 2.20. The molecule has 4 heteroatoms. The van der Waals surface area contributed by atoms with Crippen molar-refractivity contribution in [2.45, 2.75) is 26.1 Å². The minimum absolute atomic E-state index is 0.211. The first kappa shape index (κ1) is 9.39. The van der Waals surface area contributed by atoms with Gasteiger partial charge in [-0.1, -0.05) is 0 Å². The molecule has 0 aromatic rings. The highest BCUT2D eigenvalue weighted by molar-refractivity contribution is 5.74. The van der Waals surface area contributed by atoms with Crippen molar-refractivity contribution < 1.29 is 19.7 Å². The number of hydrogen-bond donors (Lipinski definition) is 2. The third-order valence-corrected chi connectivity index (χ3v) is 0.985. The zero-order chi connectivity index (χ0) is 8.15. The Bertz CT molecular complexity index is 110. The number of aliphatic hydroxyl groups is 2. The molecule has 0 heterocycles. The maximum atomic E-state index is 10.6. The van der Waals surface area contributed by atoms with E-state index in [-0.39, 0.29) is 6.61 Å². The molecule has 2 atom stereocenters. The Balaban J connectivity index is 3.71. The van der Waals surface area contributed by atoms with Crippen LogP contribution in [0.1, 0.15) is 13.8 Å². The topological polar surface area (TPSA) is 66.8 Å². The second-order valence-electron chi connectivity index (χ2n) is 1.94. The van der Waals surface area contributed by atoms with Gasteiger partial charge in [0.2, 0.25) is 0 Å².